The van der Waals surface area contributed by atoms with Crippen LogP contribution >= 0.6 is 11.6 Å². The molecule has 1 aromatic carbocycles. The van der Waals surface area contributed by atoms with E-state index >= 15 is 0 Å². The van der Waals surface area contributed by atoms with Gasteiger partial charge in [0.2, 0.25) is 5.88 Å². The molecular formula is C17H17ClN2O4. The third kappa shape index (κ3) is 3.77. The Labute approximate surface area is 144 Å². The summed E-state index contributed by atoms with van der Waals surface area (Å²) in [7, 11) is 1.54. The number of ether oxygens (including phenoxy) is 3. The van der Waals surface area contributed by atoms with Crippen molar-refractivity contribution in [3.05, 3.63) is 47.1 Å². The first-order chi connectivity index (χ1) is 11.7. The molecule has 1 fully saturated rings. The molecule has 1 aromatic heterocycles. The van der Waals surface area contributed by atoms with Gasteiger partial charge in [-0.05, 0) is 18.2 Å². The van der Waals surface area contributed by atoms with Crippen molar-refractivity contribution in [3.63, 3.8) is 0 Å². The molecule has 3 rings (SSSR count). The molecule has 7 heteroatoms. The van der Waals surface area contributed by atoms with Crippen molar-refractivity contribution >= 4 is 23.2 Å². The van der Waals surface area contributed by atoms with Crippen LogP contribution in [0.4, 0.5) is 5.69 Å². The van der Waals surface area contributed by atoms with Crippen LogP contribution in [0.2, 0.25) is 5.02 Å². The number of rotatable bonds is 5. The summed E-state index contributed by atoms with van der Waals surface area (Å²) in [6, 6.07) is 8.69. The van der Waals surface area contributed by atoms with Crippen LogP contribution in [0.15, 0.2) is 36.5 Å². The van der Waals surface area contributed by atoms with Gasteiger partial charge in [-0.2, -0.15) is 0 Å². The number of amides is 1. The molecule has 1 unspecified atom stereocenters. The summed E-state index contributed by atoms with van der Waals surface area (Å²) in [4.78, 5) is 16.5. The number of nitrogens with one attached hydrogen (secondary N) is 1. The van der Waals surface area contributed by atoms with Gasteiger partial charge in [0.05, 0.1) is 31.6 Å². The predicted molar refractivity (Wildman–Crippen MR) is 90.0 cm³/mol. The van der Waals surface area contributed by atoms with Gasteiger partial charge in [0, 0.05) is 12.6 Å². The van der Waals surface area contributed by atoms with E-state index in [-0.39, 0.29) is 17.0 Å². The van der Waals surface area contributed by atoms with Gasteiger partial charge in [-0.15, -0.1) is 0 Å². The van der Waals surface area contributed by atoms with E-state index in [4.69, 9.17) is 25.8 Å². The Morgan fingerprint density at radius 1 is 1.42 bits per heavy atom. The van der Waals surface area contributed by atoms with Gasteiger partial charge >= 0.3 is 0 Å². The van der Waals surface area contributed by atoms with Gasteiger partial charge in [-0.1, -0.05) is 23.7 Å². The molecule has 1 atom stereocenters. The summed E-state index contributed by atoms with van der Waals surface area (Å²) < 4.78 is 16.1. The molecule has 126 valence electrons. The maximum Gasteiger partial charge on any atom is 0.257 e. The normalized spacial score (nSPS) is 16.7. The minimum Gasteiger partial charge on any atom is -0.495 e. The number of methoxy groups -OCH3 is 1. The summed E-state index contributed by atoms with van der Waals surface area (Å²) in [6.45, 7) is 1.19. The van der Waals surface area contributed by atoms with E-state index in [0.29, 0.717) is 36.1 Å². The molecule has 0 spiro atoms. The van der Waals surface area contributed by atoms with Crippen LogP contribution in [0.1, 0.15) is 16.8 Å². The van der Waals surface area contributed by atoms with E-state index in [1.54, 1.807) is 19.2 Å². The van der Waals surface area contributed by atoms with Gasteiger partial charge in [0.25, 0.3) is 5.91 Å². The van der Waals surface area contributed by atoms with Crippen molar-refractivity contribution in [3.8, 4) is 11.6 Å². The van der Waals surface area contributed by atoms with E-state index in [9.17, 15) is 4.79 Å². The van der Waals surface area contributed by atoms with Crippen molar-refractivity contribution < 1.29 is 19.0 Å². The summed E-state index contributed by atoms with van der Waals surface area (Å²) in [6.07, 6.45) is 2.18. The minimum absolute atomic E-state index is 0.0525. The number of nitrogens with zero attached hydrogens (tertiary/aromatic N) is 1. The lowest BCUT2D eigenvalue weighted by Gasteiger charge is -2.13. The van der Waals surface area contributed by atoms with Crippen molar-refractivity contribution in [2.75, 3.05) is 25.6 Å². The molecule has 6 nitrogen and oxygen atoms in total. The number of carbonyl (C=O) groups is 1. The Kier molecular flexibility index (Phi) is 5.17. The van der Waals surface area contributed by atoms with Gasteiger partial charge in [0.1, 0.15) is 16.9 Å². The van der Waals surface area contributed by atoms with Crippen molar-refractivity contribution in [1.29, 1.82) is 0 Å². The number of hydrogen-bond acceptors (Lipinski definition) is 5. The van der Waals surface area contributed by atoms with Crippen LogP contribution in [0.5, 0.6) is 11.6 Å². The van der Waals surface area contributed by atoms with Crippen LogP contribution < -0.4 is 14.8 Å². The fraction of sp³-hybridized carbons (Fsp3) is 0.294. The van der Waals surface area contributed by atoms with Crippen LogP contribution in [0, 0.1) is 0 Å². The molecule has 1 aliphatic heterocycles. The molecule has 1 N–H and O–H groups in total. The molecule has 0 bridgehead atoms. The highest BCUT2D eigenvalue weighted by atomic mass is 35.5. The maximum atomic E-state index is 12.4. The SMILES string of the molecule is COc1ccccc1NC(=O)c1cnc(OC2CCOC2)c(Cl)c1. The maximum absolute atomic E-state index is 12.4. The average molecular weight is 349 g/mol. The highest BCUT2D eigenvalue weighted by Crippen LogP contribution is 2.27. The Balaban J connectivity index is 1.72. The van der Waals surface area contributed by atoms with Gasteiger partial charge in [0.15, 0.2) is 0 Å². The Morgan fingerprint density at radius 3 is 2.96 bits per heavy atom. The van der Waals surface area contributed by atoms with Crippen LogP contribution in [-0.2, 0) is 4.74 Å². The highest BCUT2D eigenvalue weighted by Gasteiger charge is 2.20. The molecule has 0 aliphatic carbocycles. The van der Waals surface area contributed by atoms with E-state index < -0.39 is 0 Å². The van der Waals surface area contributed by atoms with Crippen LogP contribution in [-0.4, -0.2) is 37.3 Å². The number of halogens is 1. The largest absolute Gasteiger partial charge is 0.495 e. The number of hydrogen-bond donors (Lipinski definition) is 1. The fourth-order valence-electron chi connectivity index (χ4n) is 2.34. The van der Waals surface area contributed by atoms with E-state index in [2.05, 4.69) is 10.3 Å². The summed E-state index contributed by atoms with van der Waals surface area (Å²) in [5, 5.41) is 3.06. The molecule has 0 saturated carbocycles. The number of anilines is 1. The zero-order chi connectivity index (χ0) is 16.9. The quantitative estimate of drug-likeness (QED) is 0.898. The highest BCUT2D eigenvalue weighted by molar-refractivity contribution is 6.32. The molecular weight excluding hydrogens is 332 g/mol. The second-order valence-corrected chi connectivity index (χ2v) is 5.68. The topological polar surface area (TPSA) is 69.7 Å². The minimum atomic E-state index is -0.329. The van der Waals surface area contributed by atoms with Gasteiger partial charge in [-0.25, -0.2) is 4.98 Å². The Hall–Kier alpha value is -2.31. The lowest BCUT2D eigenvalue weighted by Crippen LogP contribution is -2.17. The second kappa shape index (κ2) is 7.51. The number of para-hydroxylation sites is 2. The van der Waals surface area contributed by atoms with Crippen molar-refractivity contribution in [2.45, 2.75) is 12.5 Å². The molecule has 24 heavy (non-hydrogen) atoms. The molecule has 2 heterocycles. The number of benzene rings is 1. The second-order valence-electron chi connectivity index (χ2n) is 5.27. The Bertz CT molecular complexity index is 732. The zero-order valence-corrected chi connectivity index (χ0v) is 13.9. The first-order valence-corrected chi connectivity index (χ1v) is 7.89. The number of pyridine rings is 1. The van der Waals surface area contributed by atoms with Crippen LogP contribution in [0.3, 0.4) is 0 Å². The van der Waals surface area contributed by atoms with E-state index in [1.165, 1.54) is 12.3 Å². The third-order valence-electron chi connectivity index (χ3n) is 3.59. The monoisotopic (exact) mass is 348 g/mol. The first-order valence-electron chi connectivity index (χ1n) is 7.51. The Morgan fingerprint density at radius 2 is 2.25 bits per heavy atom. The fourth-order valence-corrected chi connectivity index (χ4v) is 2.55. The van der Waals surface area contributed by atoms with Crippen molar-refractivity contribution in [2.24, 2.45) is 0 Å². The summed E-state index contributed by atoms with van der Waals surface area (Å²) in [5.74, 6) is 0.553. The molecule has 2 aromatic rings. The first kappa shape index (κ1) is 16.5. The molecule has 0 radical (unpaired) electrons. The average Bonchev–Trinajstić information content (AvgIpc) is 3.10. The van der Waals surface area contributed by atoms with E-state index in [1.807, 2.05) is 12.1 Å². The summed E-state index contributed by atoms with van der Waals surface area (Å²) >= 11 is 6.18. The lowest BCUT2D eigenvalue weighted by molar-refractivity contribution is 0.102. The number of carbonyl (C=O) groups excluding carboxylic acids is 1. The molecule has 1 saturated heterocycles. The van der Waals surface area contributed by atoms with Crippen molar-refractivity contribution in [1.82, 2.24) is 4.98 Å². The zero-order valence-electron chi connectivity index (χ0n) is 13.1. The lowest BCUT2D eigenvalue weighted by atomic mass is 10.2. The molecule has 1 amide bonds. The van der Waals surface area contributed by atoms with E-state index in [0.717, 1.165) is 6.42 Å². The standard InChI is InChI=1S/C17H17ClN2O4/c1-22-15-5-3-2-4-14(15)20-16(21)11-8-13(18)17(19-9-11)24-12-6-7-23-10-12/h2-5,8-9,12H,6-7,10H2,1H3,(H,20,21). The smallest absolute Gasteiger partial charge is 0.257 e. The van der Waals surface area contributed by atoms with Crippen LogP contribution in [0.25, 0.3) is 0 Å². The van der Waals surface area contributed by atoms with Gasteiger partial charge < -0.3 is 19.5 Å². The molecule has 1 aliphatic rings. The van der Waals surface area contributed by atoms with Gasteiger partial charge in [-0.3, -0.25) is 4.79 Å². The number of aromatic nitrogens is 1. The summed E-state index contributed by atoms with van der Waals surface area (Å²) in [5.41, 5.74) is 0.908. The third-order valence-corrected chi connectivity index (χ3v) is 3.86. The predicted octanol–water partition coefficient (Wildman–Crippen LogP) is 3.16.